The Kier molecular flexibility index (Phi) is 2.46. The molecule has 1 aromatic carbocycles. The summed E-state index contributed by atoms with van der Waals surface area (Å²) in [5.41, 5.74) is -0.176. The lowest BCUT2D eigenvalue weighted by Crippen LogP contribution is -2.26. The molecule has 1 nitrogen and oxygen atoms in total. The van der Waals surface area contributed by atoms with E-state index in [2.05, 4.69) is 5.32 Å². The van der Waals surface area contributed by atoms with E-state index in [1.54, 1.807) is 0 Å². The lowest BCUT2D eigenvalue weighted by Gasteiger charge is -2.23. The molecule has 1 atom stereocenters. The summed E-state index contributed by atoms with van der Waals surface area (Å²) in [6, 6.07) is 2.32. The summed E-state index contributed by atoms with van der Waals surface area (Å²) in [5, 5.41) is 3.09. The van der Waals surface area contributed by atoms with E-state index in [9.17, 15) is 13.2 Å². The Hall–Kier alpha value is -1.03. The summed E-state index contributed by atoms with van der Waals surface area (Å²) < 4.78 is 39.3. The van der Waals surface area contributed by atoms with Crippen molar-refractivity contribution in [3.8, 4) is 0 Å². The molecule has 0 bridgehead atoms. The molecule has 15 heavy (non-hydrogen) atoms. The first-order chi connectivity index (χ1) is 7.04. The molecule has 1 aliphatic heterocycles. The number of nitrogens with one attached hydrogen (secondary N) is 1. The second kappa shape index (κ2) is 3.52. The van der Waals surface area contributed by atoms with Gasteiger partial charge in [-0.25, -0.2) is 13.2 Å². The highest BCUT2D eigenvalue weighted by molar-refractivity contribution is 5.29. The van der Waals surface area contributed by atoms with Crippen molar-refractivity contribution >= 4 is 0 Å². The van der Waals surface area contributed by atoms with Crippen LogP contribution in [-0.4, -0.2) is 13.1 Å². The third kappa shape index (κ3) is 1.63. The predicted molar refractivity (Wildman–Crippen MR) is 51.2 cm³/mol. The Morgan fingerprint density at radius 2 is 1.93 bits per heavy atom. The Balaban J connectivity index is 2.49. The van der Waals surface area contributed by atoms with Gasteiger partial charge in [0, 0.05) is 12.0 Å². The van der Waals surface area contributed by atoms with Crippen LogP contribution in [0.15, 0.2) is 12.1 Å². The van der Waals surface area contributed by atoms with Crippen LogP contribution in [-0.2, 0) is 5.41 Å². The number of halogens is 3. The molecular weight excluding hydrogens is 203 g/mol. The molecule has 0 aromatic heterocycles. The summed E-state index contributed by atoms with van der Waals surface area (Å²) >= 11 is 0. The fourth-order valence-electron chi connectivity index (χ4n) is 2.04. The van der Waals surface area contributed by atoms with Crippen LogP contribution in [0.25, 0.3) is 0 Å². The zero-order valence-electron chi connectivity index (χ0n) is 8.41. The molecule has 82 valence electrons. The van der Waals surface area contributed by atoms with Crippen molar-refractivity contribution in [1.82, 2.24) is 5.32 Å². The average Bonchev–Trinajstić information content (AvgIpc) is 2.62. The van der Waals surface area contributed by atoms with Crippen LogP contribution >= 0.6 is 0 Å². The summed E-state index contributed by atoms with van der Waals surface area (Å²) in [4.78, 5) is 0. The molecule has 1 N–H and O–H groups in total. The maximum Gasteiger partial charge on any atom is 0.194 e. The molecule has 4 heteroatoms. The van der Waals surface area contributed by atoms with Crippen molar-refractivity contribution in [2.75, 3.05) is 13.1 Å². The summed E-state index contributed by atoms with van der Waals surface area (Å²) in [7, 11) is 0. The van der Waals surface area contributed by atoms with Gasteiger partial charge in [0.15, 0.2) is 17.5 Å². The molecule has 0 spiro atoms. The molecule has 1 fully saturated rings. The largest absolute Gasteiger partial charge is 0.316 e. The second-order valence-electron chi connectivity index (χ2n) is 4.21. The average molecular weight is 215 g/mol. The minimum atomic E-state index is -1.37. The van der Waals surface area contributed by atoms with Crippen molar-refractivity contribution in [3.05, 3.63) is 35.1 Å². The van der Waals surface area contributed by atoms with Crippen LogP contribution in [0.3, 0.4) is 0 Å². The number of hydrogen-bond acceptors (Lipinski definition) is 1. The first kappa shape index (κ1) is 10.5. The molecule has 1 unspecified atom stereocenters. The van der Waals surface area contributed by atoms with E-state index in [1.807, 2.05) is 6.92 Å². The molecule has 2 rings (SSSR count). The fraction of sp³-hybridized carbons (Fsp3) is 0.455. The fourth-order valence-corrected chi connectivity index (χ4v) is 2.04. The van der Waals surface area contributed by atoms with Gasteiger partial charge >= 0.3 is 0 Å². The monoisotopic (exact) mass is 215 g/mol. The van der Waals surface area contributed by atoms with E-state index >= 15 is 0 Å². The standard InChI is InChI=1S/C11H12F3N/c1-11(4-5-15-6-11)7-2-3-8(12)10(14)9(7)13/h2-3,15H,4-6H2,1H3. The van der Waals surface area contributed by atoms with Gasteiger partial charge in [-0.15, -0.1) is 0 Å². The normalized spacial score (nSPS) is 25.9. The van der Waals surface area contributed by atoms with E-state index in [4.69, 9.17) is 0 Å². The van der Waals surface area contributed by atoms with Crippen LogP contribution in [0.2, 0.25) is 0 Å². The maximum atomic E-state index is 13.5. The van der Waals surface area contributed by atoms with Crippen molar-refractivity contribution in [2.45, 2.75) is 18.8 Å². The van der Waals surface area contributed by atoms with Gasteiger partial charge in [-0.3, -0.25) is 0 Å². The van der Waals surface area contributed by atoms with Gasteiger partial charge in [0.25, 0.3) is 0 Å². The van der Waals surface area contributed by atoms with E-state index in [0.717, 1.165) is 19.0 Å². The maximum absolute atomic E-state index is 13.5. The van der Waals surface area contributed by atoms with Gasteiger partial charge in [-0.1, -0.05) is 13.0 Å². The summed E-state index contributed by atoms with van der Waals surface area (Å²) in [6.07, 6.45) is 0.731. The summed E-state index contributed by atoms with van der Waals surface area (Å²) in [6.45, 7) is 3.21. The Labute approximate surface area is 86.3 Å². The molecule has 1 aromatic rings. The highest BCUT2D eigenvalue weighted by atomic mass is 19.2. The smallest absolute Gasteiger partial charge is 0.194 e. The van der Waals surface area contributed by atoms with Crippen LogP contribution in [0.4, 0.5) is 13.2 Å². The van der Waals surface area contributed by atoms with Crippen LogP contribution in [0.1, 0.15) is 18.9 Å². The molecule has 0 saturated carbocycles. The lowest BCUT2D eigenvalue weighted by molar-refractivity contribution is 0.413. The van der Waals surface area contributed by atoms with Crippen LogP contribution in [0, 0.1) is 17.5 Å². The highest BCUT2D eigenvalue weighted by Crippen LogP contribution is 2.33. The van der Waals surface area contributed by atoms with Gasteiger partial charge in [0.1, 0.15) is 0 Å². The van der Waals surface area contributed by atoms with E-state index in [-0.39, 0.29) is 5.56 Å². The van der Waals surface area contributed by atoms with Crippen molar-refractivity contribution < 1.29 is 13.2 Å². The topological polar surface area (TPSA) is 12.0 Å². The van der Waals surface area contributed by atoms with Crippen molar-refractivity contribution in [1.29, 1.82) is 0 Å². The zero-order chi connectivity index (χ0) is 11.1. The zero-order valence-corrected chi connectivity index (χ0v) is 8.41. The van der Waals surface area contributed by atoms with Gasteiger partial charge in [-0.05, 0) is 24.6 Å². The second-order valence-corrected chi connectivity index (χ2v) is 4.21. The van der Waals surface area contributed by atoms with Crippen LogP contribution < -0.4 is 5.32 Å². The Bertz CT molecular complexity index is 384. The minimum Gasteiger partial charge on any atom is -0.316 e. The number of rotatable bonds is 1. The molecule has 0 amide bonds. The third-order valence-electron chi connectivity index (χ3n) is 3.05. The molecule has 1 heterocycles. The minimum absolute atomic E-state index is 0.256. The van der Waals surface area contributed by atoms with E-state index < -0.39 is 22.9 Å². The molecule has 1 saturated heterocycles. The molecular formula is C11H12F3N. The van der Waals surface area contributed by atoms with Gasteiger partial charge in [-0.2, -0.15) is 0 Å². The molecule has 1 aliphatic rings. The van der Waals surface area contributed by atoms with Gasteiger partial charge in [0.2, 0.25) is 0 Å². The first-order valence-electron chi connectivity index (χ1n) is 4.89. The highest BCUT2D eigenvalue weighted by Gasteiger charge is 2.34. The third-order valence-corrected chi connectivity index (χ3v) is 3.05. The Morgan fingerprint density at radius 3 is 2.53 bits per heavy atom. The molecule has 0 radical (unpaired) electrons. The SMILES string of the molecule is CC1(c2ccc(F)c(F)c2F)CCNC1. The van der Waals surface area contributed by atoms with E-state index in [1.165, 1.54) is 6.07 Å². The first-order valence-corrected chi connectivity index (χ1v) is 4.89. The van der Waals surface area contributed by atoms with Crippen LogP contribution in [0.5, 0.6) is 0 Å². The predicted octanol–water partition coefficient (Wildman–Crippen LogP) is 2.35. The summed E-state index contributed by atoms with van der Waals surface area (Å²) in [5.74, 6) is -3.56. The Morgan fingerprint density at radius 1 is 1.20 bits per heavy atom. The van der Waals surface area contributed by atoms with E-state index in [0.29, 0.717) is 6.54 Å². The van der Waals surface area contributed by atoms with Gasteiger partial charge < -0.3 is 5.32 Å². The van der Waals surface area contributed by atoms with Gasteiger partial charge in [0.05, 0.1) is 0 Å². The molecule has 0 aliphatic carbocycles. The number of hydrogen-bond donors (Lipinski definition) is 1. The quantitative estimate of drug-likeness (QED) is 0.709. The van der Waals surface area contributed by atoms with Crippen molar-refractivity contribution in [3.63, 3.8) is 0 Å². The number of benzene rings is 1. The lowest BCUT2D eigenvalue weighted by atomic mass is 9.81. The van der Waals surface area contributed by atoms with Crippen molar-refractivity contribution in [2.24, 2.45) is 0 Å².